The van der Waals surface area contributed by atoms with E-state index in [1.165, 1.54) is 0 Å². The predicted molar refractivity (Wildman–Crippen MR) is 78.0 cm³/mol. The molecule has 2 rings (SSSR count). The van der Waals surface area contributed by atoms with Gasteiger partial charge in [-0.05, 0) is 38.2 Å². The van der Waals surface area contributed by atoms with E-state index < -0.39 is 0 Å². The average Bonchev–Trinajstić information content (AvgIpc) is 2.97. The number of Topliss-reactive ketones (excluding diaryl/α,β-unsaturated/α-hetero) is 1. The highest BCUT2D eigenvalue weighted by Crippen LogP contribution is 2.23. The lowest BCUT2D eigenvalue weighted by Crippen LogP contribution is -2.17. The zero-order chi connectivity index (χ0) is 14.4. The second-order valence-electron chi connectivity index (χ2n) is 5.38. The number of ether oxygens (including phenoxy) is 1. The van der Waals surface area contributed by atoms with Crippen LogP contribution in [-0.2, 0) is 4.74 Å². The third-order valence-corrected chi connectivity index (χ3v) is 3.78. The van der Waals surface area contributed by atoms with Crippen molar-refractivity contribution < 1.29 is 14.3 Å². The van der Waals surface area contributed by atoms with E-state index in [0.29, 0.717) is 17.5 Å². The van der Waals surface area contributed by atoms with Crippen molar-refractivity contribution in [1.29, 1.82) is 0 Å². The van der Waals surface area contributed by atoms with Crippen LogP contribution in [0.5, 0.6) is 0 Å². The van der Waals surface area contributed by atoms with Crippen molar-refractivity contribution in [2.75, 3.05) is 0 Å². The summed E-state index contributed by atoms with van der Waals surface area (Å²) in [5, 5.41) is 0. The van der Waals surface area contributed by atoms with Gasteiger partial charge in [0.2, 0.25) is 0 Å². The maximum absolute atomic E-state index is 12.2. The molecule has 0 aromatic heterocycles. The molecule has 0 radical (unpaired) electrons. The fourth-order valence-corrected chi connectivity index (χ4v) is 2.60. The predicted octanol–water partition coefficient (Wildman–Crippen LogP) is 4.16. The van der Waals surface area contributed by atoms with Crippen LogP contribution in [0.4, 0.5) is 0 Å². The summed E-state index contributed by atoms with van der Waals surface area (Å²) in [5.41, 5.74) is 0.921. The number of hydrogen-bond acceptors (Lipinski definition) is 3. The van der Waals surface area contributed by atoms with Crippen LogP contribution in [0.2, 0.25) is 0 Å². The lowest BCUT2D eigenvalue weighted by atomic mass is 10.00. The quantitative estimate of drug-likeness (QED) is 0.578. The highest BCUT2D eigenvalue weighted by Gasteiger charge is 2.23. The lowest BCUT2D eigenvalue weighted by molar-refractivity contribution is 0.0315. The third kappa shape index (κ3) is 3.69. The monoisotopic (exact) mass is 274 g/mol. The van der Waals surface area contributed by atoms with E-state index in [9.17, 15) is 9.59 Å². The largest absolute Gasteiger partial charge is 0.459 e. The van der Waals surface area contributed by atoms with Gasteiger partial charge in [-0.15, -0.1) is 0 Å². The second kappa shape index (κ2) is 7.22. The van der Waals surface area contributed by atoms with Crippen molar-refractivity contribution in [2.24, 2.45) is 0 Å². The van der Waals surface area contributed by atoms with Gasteiger partial charge in [0.25, 0.3) is 0 Å². The van der Waals surface area contributed by atoms with E-state index in [4.69, 9.17) is 4.74 Å². The minimum Gasteiger partial charge on any atom is -0.459 e. The molecular formula is C17H22O3. The van der Waals surface area contributed by atoms with E-state index >= 15 is 0 Å². The number of rotatable bonds is 6. The Bertz CT molecular complexity index is 473. The van der Waals surface area contributed by atoms with E-state index in [1.807, 2.05) is 6.92 Å². The van der Waals surface area contributed by atoms with Crippen molar-refractivity contribution >= 4 is 11.8 Å². The first kappa shape index (κ1) is 14.8. The average molecular weight is 274 g/mol. The molecule has 1 aliphatic rings. The van der Waals surface area contributed by atoms with E-state index in [2.05, 4.69) is 0 Å². The van der Waals surface area contributed by atoms with Gasteiger partial charge in [0.1, 0.15) is 6.10 Å². The Balaban J connectivity index is 2.09. The molecule has 0 bridgehead atoms. The summed E-state index contributed by atoms with van der Waals surface area (Å²) >= 11 is 0. The number of hydrogen-bond donors (Lipinski definition) is 0. The van der Waals surface area contributed by atoms with Gasteiger partial charge in [0, 0.05) is 12.0 Å². The first-order valence-electron chi connectivity index (χ1n) is 7.55. The molecule has 0 atom stereocenters. The van der Waals surface area contributed by atoms with Crippen LogP contribution in [0, 0.1) is 0 Å². The zero-order valence-corrected chi connectivity index (χ0v) is 12.1. The van der Waals surface area contributed by atoms with Gasteiger partial charge in [-0.3, -0.25) is 4.79 Å². The fraction of sp³-hybridized carbons (Fsp3) is 0.529. The van der Waals surface area contributed by atoms with Gasteiger partial charge in [0.05, 0.1) is 5.56 Å². The molecule has 1 saturated carbocycles. The number of ketones is 1. The van der Waals surface area contributed by atoms with Crippen LogP contribution in [0.25, 0.3) is 0 Å². The van der Waals surface area contributed by atoms with Gasteiger partial charge in [-0.1, -0.05) is 31.5 Å². The summed E-state index contributed by atoms with van der Waals surface area (Å²) in [6.45, 7) is 2.05. The highest BCUT2D eigenvalue weighted by atomic mass is 16.5. The molecular weight excluding hydrogens is 252 g/mol. The van der Waals surface area contributed by atoms with Crippen molar-refractivity contribution in [1.82, 2.24) is 0 Å². The van der Waals surface area contributed by atoms with Crippen LogP contribution in [0.3, 0.4) is 0 Å². The zero-order valence-electron chi connectivity index (χ0n) is 12.1. The summed E-state index contributed by atoms with van der Waals surface area (Å²) in [6, 6.07) is 6.99. The lowest BCUT2D eigenvalue weighted by Gasteiger charge is -2.13. The molecule has 3 nitrogen and oxygen atoms in total. The van der Waals surface area contributed by atoms with Gasteiger partial charge >= 0.3 is 5.97 Å². The molecule has 0 aliphatic heterocycles. The molecule has 20 heavy (non-hydrogen) atoms. The Labute approximate surface area is 120 Å². The summed E-state index contributed by atoms with van der Waals surface area (Å²) in [4.78, 5) is 24.4. The van der Waals surface area contributed by atoms with Crippen molar-refractivity contribution in [3.05, 3.63) is 35.4 Å². The Morgan fingerprint density at radius 1 is 1.15 bits per heavy atom. The summed E-state index contributed by atoms with van der Waals surface area (Å²) in [6.07, 6.45) is 6.47. The molecule has 1 aromatic carbocycles. The highest BCUT2D eigenvalue weighted by molar-refractivity contribution is 6.06. The van der Waals surface area contributed by atoms with Crippen LogP contribution in [0.1, 0.15) is 72.6 Å². The van der Waals surface area contributed by atoms with E-state index in [1.54, 1.807) is 24.3 Å². The van der Waals surface area contributed by atoms with Crippen LogP contribution in [0.15, 0.2) is 24.3 Å². The maximum atomic E-state index is 12.2. The molecule has 1 fully saturated rings. The molecule has 0 amide bonds. The normalized spacial score (nSPS) is 15.2. The van der Waals surface area contributed by atoms with Gasteiger partial charge in [-0.25, -0.2) is 4.79 Å². The Morgan fingerprint density at radius 2 is 1.80 bits per heavy atom. The van der Waals surface area contributed by atoms with Crippen LogP contribution in [-0.4, -0.2) is 17.9 Å². The maximum Gasteiger partial charge on any atom is 0.339 e. The number of esters is 1. The molecule has 108 valence electrons. The topological polar surface area (TPSA) is 43.4 Å². The Kier molecular flexibility index (Phi) is 5.33. The van der Waals surface area contributed by atoms with Gasteiger partial charge in [0.15, 0.2) is 5.78 Å². The van der Waals surface area contributed by atoms with Crippen molar-refractivity contribution in [3.8, 4) is 0 Å². The molecule has 3 heteroatoms. The first-order valence-corrected chi connectivity index (χ1v) is 7.55. The standard InChI is InChI=1S/C17H22O3/c1-2-3-12-16(18)14-10-6-7-11-15(14)17(19)20-13-8-4-5-9-13/h6-7,10-11,13H,2-5,8-9,12H2,1H3. The second-order valence-corrected chi connectivity index (χ2v) is 5.38. The van der Waals surface area contributed by atoms with Crippen molar-refractivity contribution in [3.63, 3.8) is 0 Å². The molecule has 1 aliphatic carbocycles. The number of carbonyl (C=O) groups excluding carboxylic acids is 2. The van der Waals surface area contributed by atoms with E-state index in [-0.39, 0.29) is 17.9 Å². The molecule has 0 saturated heterocycles. The number of unbranched alkanes of at least 4 members (excludes halogenated alkanes) is 1. The molecule has 0 heterocycles. The molecule has 1 aromatic rings. The third-order valence-electron chi connectivity index (χ3n) is 3.78. The summed E-state index contributed by atoms with van der Waals surface area (Å²) in [7, 11) is 0. The van der Waals surface area contributed by atoms with Gasteiger partial charge in [-0.2, -0.15) is 0 Å². The smallest absolute Gasteiger partial charge is 0.339 e. The number of benzene rings is 1. The van der Waals surface area contributed by atoms with Crippen LogP contribution < -0.4 is 0 Å². The molecule has 0 N–H and O–H groups in total. The number of carbonyl (C=O) groups is 2. The first-order chi connectivity index (χ1) is 9.72. The van der Waals surface area contributed by atoms with Crippen molar-refractivity contribution in [2.45, 2.75) is 58.0 Å². The summed E-state index contributed by atoms with van der Waals surface area (Å²) < 4.78 is 5.50. The SMILES string of the molecule is CCCCC(=O)c1ccccc1C(=O)OC1CCCC1. The Morgan fingerprint density at radius 3 is 2.45 bits per heavy atom. The fourth-order valence-electron chi connectivity index (χ4n) is 2.60. The molecule has 0 unspecified atom stereocenters. The minimum atomic E-state index is -0.350. The van der Waals surface area contributed by atoms with Gasteiger partial charge < -0.3 is 4.74 Å². The minimum absolute atomic E-state index is 0.0290. The molecule has 0 spiro atoms. The summed E-state index contributed by atoms with van der Waals surface area (Å²) in [5.74, 6) is -0.317. The Hall–Kier alpha value is -1.64. The van der Waals surface area contributed by atoms with Crippen LogP contribution >= 0.6 is 0 Å². The van der Waals surface area contributed by atoms with E-state index in [0.717, 1.165) is 38.5 Å².